The fraction of sp³-hybridized carbons (Fsp3) is 0. The molecule has 0 radical (unpaired) electrons. The lowest BCUT2D eigenvalue weighted by atomic mass is 10.4. The lowest BCUT2D eigenvalue weighted by Gasteiger charge is -2.41. The highest BCUT2D eigenvalue weighted by molar-refractivity contribution is 9.38. The fourth-order valence-electron chi connectivity index (χ4n) is 3.80. The van der Waals surface area contributed by atoms with Crippen molar-refractivity contribution in [2.45, 2.75) is 0 Å². The van der Waals surface area contributed by atoms with Crippen LogP contribution in [-0.4, -0.2) is 12.4 Å². The van der Waals surface area contributed by atoms with E-state index < -0.39 is 12.4 Å². The molecule has 0 saturated carbocycles. The Labute approximate surface area is 184 Å². The number of hydrogen-bond acceptors (Lipinski definition) is 0. The van der Waals surface area contributed by atoms with E-state index in [-0.39, 0.29) is 0 Å². The third-order valence-corrected chi connectivity index (χ3v) is 37.9. The van der Waals surface area contributed by atoms with Crippen molar-refractivity contribution in [1.29, 1.82) is 0 Å². The number of hydrogen-bond donors (Lipinski definition) is 0. The molecule has 4 aromatic carbocycles. The van der Waals surface area contributed by atoms with E-state index in [2.05, 4.69) is 152 Å². The minimum absolute atomic E-state index is 1.39. The van der Waals surface area contributed by atoms with E-state index in [1.54, 1.807) is 0 Å². The molecule has 0 aliphatic heterocycles. The van der Waals surface area contributed by atoms with Gasteiger partial charge in [0.1, 0.15) is 0 Å². The first-order chi connectivity index (χ1) is 13.7. The van der Waals surface area contributed by atoms with Gasteiger partial charge in [0.15, 0.2) is 0 Å². The van der Waals surface area contributed by atoms with Gasteiger partial charge in [0.2, 0.25) is 12.4 Å². The topological polar surface area (TPSA) is 0 Å². The van der Waals surface area contributed by atoms with Crippen molar-refractivity contribution in [2.75, 3.05) is 0 Å². The van der Waals surface area contributed by atoms with Crippen LogP contribution >= 0.6 is 30.6 Å². The molecule has 4 aromatic rings. The Morgan fingerprint density at radius 1 is 0.321 bits per heavy atom. The molecule has 4 heteroatoms. The first-order valence-corrected chi connectivity index (χ1v) is 18.8. The van der Waals surface area contributed by atoms with Gasteiger partial charge in [-0.3, -0.25) is 0 Å². The molecule has 0 fully saturated rings. The Balaban J connectivity index is 2.09. The van der Waals surface area contributed by atoms with E-state index in [4.69, 9.17) is 0 Å². The van der Waals surface area contributed by atoms with Gasteiger partial charge in [0.05, 0.1) is 0 Å². The van der Waals surface area contributed by atoms with Crippen LogP contribution in [0.1, 0.15) is 0 Å². The highest BCUT2D eigenvalue weighted by atomic mass is 79.9. The fourth-order valence-corrected chi connectivity index (χ4v) is 26.9. The number of rotatable bonds is 5. The summed E-state index contributed by atoms with van der Waals surface area (Å²) in [5, 5.41) is 5.55. The smallest absolute Gasteiger partial charge is 0.116 e. The average molecular weight is 524 g/mol. The highest BCUT2D eigenvalue weighted by Crippen LogP contribution is 2.30. The Bertz CT molecular complexity index is 857. The van der Waals surface area contributed by atoms with E-state index in [0.29, 0.717) is 0 Å². The predicted octanol–water partition coefficient (Wildman–Crippen LogP) is 4.37. The monoisotopic (exact) mass is 522 g/mol. The van der Waals surface area contributed by atoms with Crippen LogP contribution in [0.5, 0.6) is 0 Å². The summed E-state index contributed by atoms with van der Waals surface area (Å²) < 4.78 is 0. The average Bonchev–Trinajstić information content (AvgIpc) is 2.80. The zero-order chi connectivity index (χ0) is 19.5. The number of halogens is 2. The molecule has 4 rings (SSSR count). The largest absolute Gasteiger partial charge is 0.203 e. The number of benzene rings is 4. The van der Waals surface area contributed by atoms with Gasteiger partial charge < -0.3 is 0 Å². The van der Waals surface area contributed by atoms with Crippen LogP contribution in [0.3, 0.4) is 0 Å². The van der Waals surface area contributed by atoms with Gasteiger partial charge in [-0.05, 0) is 20.7 Å². The molecule has 0 bridgehead atoms. The zero-order valence-electron chi connectivity index (χ0n) is 15.3. The van der Waals surface area contributed by atoms with Gasteiger partial charge in [-0.2, -0.15) is 0 Å². The van der Waals surface area contributed by atoms with E-state index in [1.807, 2.05) is 0 Å². The summed E-state index contributed by atoms with van der Waals surface area (Å²) >= 11 is 8.90. The summed E-state index contributed by atoms with van der Waals surface area (Å²) in [4.78, 5) is 0. The summed E-state index contributed by atoms with van der Waals surface area (Å²) in [6.45, 7) is 0. The summed E-state index contributed by atoms with van der Waals surface area (Å²) in [6.07, 6.45) is -4.74. The molecule has 0 N–H and O–H groups in total. The molecular weight excluding hydrogens is 504 g/mol. The van der Waals surface area contributed by atoms with Crippen molar-refractivity contribution in [2.24, 2.45) is 0 Å². The van der Waals surface area contributed by atoms with Crippen LogP contribution in [0.25, 0.3) is 0 Å². The normalized spacial score (nSPS) is 11.9. The van der Waals surface area contributed by atoms with Crippen molar-refractivity contribution < 1.29 is 0 Å². The first-order valence-electron chi connectivity index (χ1n) is 9.27. The van der Waals surface area contributed by atoms with Crippen molar-refractivity contribution in [3.05, 3.63) is 121 Å². The lowest BCUT2D eigenvalue weighted by molar-refractivity contribution is 1.72. The van der Waals surface area contributed by atoms with Crippen LogP contribution in [0.2, 0.25) is 0 Å². The van der Waals surface area contributed by atoms with Gasteiger partial charge in [-0.25, -0.2) is 0 Å². The molecule has 0 amide bonds. The summed E-state index contributed by atoms with van der Waals surface area (Å²) in [6, 6.07) is 43.8. The molecule has 138 valence electrons. The van der Waals surface area contributed by atoms with Crippen LogP contribution in [-0.2, 0) is 0 Å². The molecule has 0 unspecified atom stereocenters. The van der Waals surface area contributed by atoms with Crippen molar-refractivity contribution in [1.82, 2.24) is 0 Å². The predicted molar refractivity (Wildman–Crippen MR) is 134 cm³/mol. The van der Waals surface area contributed by atoms with Crippen LogP contribution in [0.15, 0.2) is 121 Å². The summed E-state index contributed by atoms with van der Waals surface area (Å²) in [5.74, 6) is 0. The molecule has 0 nitrogen and oxygen atoms in total. The Hall–Kier alpha value is -1.73. The van der Waals surface area contributed by atoms with E-state index >= 15 is 0 Å². The van der Waals surface area contributed by atoms with Gasteiger partial charge in [-0.15, -0.1) is 30.6 Å². The third-order valence-electron chi connectivity index (χ3n) is 5.16. The maximum atomic E-state index is 4.45. The third kappa shape index (κ3) is 3.28. The molecular formula is C24H20Br2Si2. The quantitative estimate of drug-likeness (QED) is 0.269. The van der Waals surface area contributed by atoms with Crippen LogP contribution in [0.4, 0.5) is 0 Å². The van der Waals surface area contributed by atoms with Gasteiger partial charge >= 0.3 is 0 Å². The molecule has 0 aromatic heterocycles. The molecule has 0 heterocycles. The molecule has 0 atom stereocenters. The second-order valence-corrected chi connectivity index (χ2v) is 27.8. The maximum absolute atomic E-state index is 4.45. The minimum atomic E-state index is -2.37. The second-order valence-electron chi connectivity index (χ2n) is 6.78. The zero-order valence-corrected chi connectivity index (χ0v) is 20.5. The molecule has 0 spiro atoms. The molecule has 0 saturated heterocycles. The van der Waals surface area contributed by atoms with E-state index in [0.717, 1.165) is 0 Å². The van der Waals surface area contributed by atoms with Crippen molar-refractivity contribution in [3.8, 4) is 0 Å². The first kappa shape index (κ1) is 19.6. The second kappa shape index (κ2) is 8.33. The summed E-state index contributed by atoms with van der Waals surface area (Å²) in [7, 11) is 0. The molecule has 28 heavy (non-hydrogen) atoms. The van der Waals surface area contributed by atoms with E-state index in [9.17, 15) is 0 Å². The lowest BCUT2D eigenvalue weighted by Crippen LogP contribution is -2.79. The minimum Gasteiger partial charge on any atom is -0.116 e. The SMILES string of the molecule is Br[Si](c1ccccc1)(c1ccccc1)[Si](Br)(c1ccccc1)c1ccccc1. The highest BCUT2D eigenvalue weighted by Gasteiger charge is 2.57. The maximum Gasteiger partial charge on any atom is 0.203 e. The standard InChI is InChI=1S/C24H20Br2Si2/c25-27(21-13-5-1-6-14-21,22-15-7-2-8-16-22)28(26,23-17-9-3-10-18-23)24-19-11-4-12-20-24/h1-20H. The van der Waals surface area contributed by atoms with Gasteiger partial charge in [-0.1, -0.05) is 121 Å². The van der Waals surface area contributed by atoms with E-state index in [1.165, 1.54) is 20.7 Å². The Morgan fingerprint density at radius 2 is 0.500 bits per heavy atom. The van der Waals surface area contributed by atoms with Gasteiger partial charge in [0, 0.05) is 0 Å². The Morgan fingerprint density at radius 3 is 0.679 bits per heavy atom. The Kier molecular flexibility index (Phi) is 5.83. The van der Waals surface area contributed by atoms with Crippen molar-refractivity contribution in [3.63, 3.8) is 0 Å². The van der Waals surface area contributed by atoms with Gasteiger partial charge in [0.25, 0.3) is 0 Å². The van der Waals surface area contributed by atoms with Crippen molar-refractivity contribution >= 4 is 63.8 Å². The van der Waals surface area contributed by atoms with Crippen LogP contribution < -0.4 is 20.7 Å². The molecule has 0 aliphatic rings. The molecule has 0 aliphatic carbocycles. The van der Waals surface area contributed by atoms with Crippen LogP contribution in [0, 0.1) is 0 Å². The summed E-state index contributed by atoms with van der Waals surface area (Å²) in [5.41, 5.74) is 0.